The standard InChI is InChI=1S/C27H33FN6O/c1-17(2)34-16-21(14-30-34)26-18(3)13-29-25(32-26)12-20-8-9-23(22(28)11-20)31-27(35)24-5-4-10-33(24)15-19-6-7-19/h8-9,11,13-14,16-17,19,24H,4-7,10,12,15H2,1-3H3,(H,31,35)/t24-/m1/s1. The first-order chi connectivity index (χ1) is 16.9. The predicted octanol–water partition coefficient (Wildman–Crippen LogP) is 4.77. The molecule has 1 aliphatic heterocycles. The van der Waals surface area contributed by atoms with Gasteiger partial charge in [0.2, 0.25) is 5.91 Å². The van der Waals surface area contributed by atoms with Crippen molar-refractivity contribution in [1.29, 1.82) is 0 Å². The van der Waals surface area contributed by atoms with Crippen molar-refractivity contribution in [2.24, 2.45) is 5.92 Å². The highest BCUT2D eigenvalue weighted by Crippen LogP contribution is 2.32. The number of halogens is 1. The van der Waals surface area contributed by atoms with Crippen LogP contribution >= 0.6 is 0 Å². The van der Waals surface area contributed by atoms with Crippen LogP contribution in [-0.2, 0) is 11.2 Å². The highest BCUT2D eigenvalue weighted by atomic mass is 19.1. The number of benzene rings is 1. The maximum absolute atomic E-state index is 14.9. The van der Waals surface area contributed by atoms with E-state index in [1.165, 1.54) is 18.9 Å². The summed E-state index contributed by atoms with van der Waals surface area (Å²) < 4.78 is 16.8. The molecule has 7 nitrogen and oxygen atoms in total. The largest absolute Gasteiger partial charge is 0.322 e. The molecule has 8 heteroatoms. The second kappa shape index (κ2) is 9.85. The maximum Gasteiger partial charge on any atom is 0.241 e. The van der Waals surface area contributed by atoms with Crippen molar-refractivity contribution in [2.45, 2.75) is 65.0 Å². The number of nitrogens with one attached hydrogen (secondary N) is 1. The van der Waals surface area contributed by atoms with E-state index in [4.69, 9.17) is 4.98 Å². The molecule has 1 N–H and O–H groups in total. The molecule has 1 saturated heterocycles. The molecule has 3 aromatic rings. The molecule has 1 amide bonds. The zero-order valence-corrected chi connectivity index (χ0v) is 20.7. The molecule has 1 aromatic carbocycles. The minimum atomic E-state index is -0.437. The summed E-state index contributed by atoms with van der Waals surface area (Å²) in [5.74, 6) is 0.799. The summed E-state index contributed by atoms with van der Waals surface area (Å²) >= 11 is 0. The van der Waals surface area contributed by atoms with Gasteiger partial charge in [-0.1, -0.05) is 6.07 Å². The summed E-state index contributed by atoms with van der Waals surface area (Å²) in [5, 5.41) is 7.23. The lowest BCUT2D eigenvalue weighted by Crippen LogP contribution is -2.40. The Labute approximate surface area is 205 Å². The minimum absolute atomic E-state index is 0.108. The van der Waals surface area contributed by atoms with Crippen molar-refractivity contribution in [1.82, 2.24) is 24.6 Å². The van der Waals surface area contributed by atoms with Crippen LogP contribution in [0.25, 0.3) is 11.3 Å². The van der Waals surface area contributed by atoms with Gasteiger partial charge in [0, 0.05) is 37.0 Å². The Kier molecular flexibility index (Phi) is 6.65. The van der Waals surface area contributed by atoms with Crippen molar-refractivity contribution in [3.8, 4) is 11.3 Å². The molecule has 2 fully saturated rings. The van der Waals surface area contributed by atoms with Gasteiger partial charge < -0.3 is 5.32 Å². The van der Waals surface area contributed by atoms with E-state index < -0.39 is 5.82 Å². The summed E-state index contributed by atoms with van der Waals surface area (Å²) in [6.07, 6.45) is 10.4. The Hall–Kier alpha value is -3.13. The molecule has 0 unspecified atom stereocenters. The lowest BCUT2D eigenvalue weighted by atomic mass is 10.1. The summed E-state index contributed by atoms with van der Waals surface area (Å²) in [7, 11) is 0. The quantitative estimate of drug-likeness (QED) is 0.507. The second-order valence-corrected chi connectivity index (χ2v) is 10.2. The van der Waals surface area contributed by atoms with Gasteiger partial charge >= 0.3 is 0 Å². The van der Waals surface area contributed by atoms with E-state index in [2.05, 4.69) is 34.1 Å². The van der Waals surface area contributed by atoms with E-state index in [-0.39, 0.29) is 23.7 Å². The van der Waals surface area contributed by atoms with Crippen LogP contribution in [0, 0.1) is 18.7 Å². The number of likely N-dealkylation sites (tertiary alicyclic amines) is 1. The van der Waals surface area contributed by atoms with E-state index in [9.17, 15) is 9.18 Å². The number of nitrogens with zero attached hydrogens (tertiary/aromatic N) is 5. The molecule has 1 atom stereocenters. The van der Waals surface area contributed by atoms with Crippen molar-refractivity contribution in [2.75, 3.05) is 18.4 Å². The molecular formula is C27H33FN6O. The molecule has 0 radical (unpaired) electrons. The number of amides is 1. The first kappa shape index (κ1) is 23.6. The van der Waals surface area contributed by atoms with Crippen LogP contribution in [-0.4, -0.2) is 49.7 Å². The van der Waals surface area contributed by atoms with E-state index in [1.807, 2.05) is 30.1 Å². The monoisotopic (exact) mass is 476 g/mol. The van der Waals surface area contributed by atoms with Crippen molar-refractivity contribution < 1.29 is 9.18 Å². The minimum Gasteiger partial charge on any atom is -0.322 e. The van der Waals surface area contributed by atoms with Crippen molar-refractivity contribution in [3.63, 3.8) is 0 Å². The number of carbonyl (C=O) groups is 1. The smallest absolute Gasteiger partial charge is 0.241 e. The Morgan fingerprint density at radius 1 is 1.23 bits per heavy atom. The number of anilines is 1. The lowest BCUT2D eigenvalue weighted by Gasteiger charge is -2.23. The fraction of sp³-hybridized carbons (Fsp3) is 0.481. The van der Waals surface area contributed by atoms with Gasteiger partial charge in [-0.3, -0.25) is 14.4 Å². The molecule has 5 rings (SSSR count). The van der Waals surface area contributed by atoms with Crippen LogP contribution in [0.4, 0.5) is 10.1 Å². The third-order valence-electron chi connectivity index (χ3n) is 6.94. The lowest BCUT2D eigenvalue weighted by molar-refractivity contribution is -0.120. The number of aromatic nitrogens is 4. The first-order valence-electron chi connectivity index (χ1n) is 12.6. The van der Waals surface area contributed by atoms with Gasteiger partial charge in [-0.05, 0) is 82.2 Å². The van der Waals surface area contributed by atoms with E-state index in [0.29, 0.717) is 12.2 Å². The normalized spacial score (nSPS) is 18.4. The van der Waals surface area contributed by atoms with Crippen LogP contribution in [0.15, 0.2) is 36.8 Å². The average Bonchev–Trinajstić information content (AvgIpc) is 3.30. The Morgan fingerprint density at radius 3 is 2.77 bits per heavy atom. The molecular weight excluding hydrogens is 443 g/mol. The summed E-state index contributed by atoms with van der Waals surface area (Å²) in [4.78, 5) is 24.3. The molecule has 2 aliphatic rings. The molecule has 2 aromatic heterocycles. The van der Waals surface area contributed by atoms with Crippen molar-refractivity contribution in [3.05, 3.63) is 59.6 Å². The Balaban J connectivity index is 1.27. The van der Waals surface area contributed by atoms with Crippen molar-refractivity contribution >= 4 is 11.6 Å². The number of hydrogen-bond donors (Lipinski definition) is 1. The zero-order chi connectivity index (χ0) is 24.5. The van der Waals surface area contributed by atoms with Crippen LogP contribution in [0.2, 0.25) is 0 Å². The highest BCUT2D eigenvalue weighted by molar-refractivity contribution is 5.95. The Bertz CT molecular complexity index is 1220. The van der Waals surface area contributed by atoms with E-state index in [0.717, 1.165) is 54.2 Å². The van der Waals surface area contributed by atoms with Gasteiger partial charge in [-0.15, -0.1) is 0 Å². The molecule has 184 valence electrons. The van der Waals surface area contributed by atoms with Gasteiger partial charge in [0.1, 0.15) is 11.6 Å². The summed E-state index contributed by atoms with van der Waals surface area (Å²) in [5.41, 5.74) is 3.71. The van der Waals surface area contributed by atoms with Gasteiger partial charge in [0.15, 0.2) is 0 Å². The number of aryl methyl sites for hydroxylation is 1. The SMILES string of the molecule is Cc1cnc(Cc2ccc(NC(=O)[C@H]3CCCN3CC3CC3)c(F)c2)nc1-c1cnn(C(C)C)c1. The van der Waals surface area contributed by atoms with Gasteiger partial charge in [-0.25, -0.2) is 14.4 Å². The van der Waals surface area contributed by atoms with Gasteiger partial charge in [0.05, 0.1) is 23.6 Å². The number of carbonyl (C=O) groups excluding carboxylic acids is 1. The van der Waals surface area contributed by atoms with E-state index in [1.54, 1.807) is 12.3 Å². The molecule has 1 aliphatic carbocycles. The third kappa shape index (κ3) is 5.42. The maximum atomic E-state index is 14.9. The molecule has 35 heavy (non-hydrogen) atoms. The van der Waals surface area contributed by atoms with Gasteiger partial charge in [-0.2, -0.15) is 5.10 Å². The summed E-state index contributed by atoms with van der Waals surface area (Å²) in [6, 6.07) is 5.04. The zero-order valence-electron chi connectivity index (χ0n) is 20.7. The molecule has 0 spiro atoms. The highest BCUT2D eigenvalue weighted by Gasteiger charge is 2.35. The fourth-order valence-electron chi connectivity index (χ4n) is 4.74. The van der Waals surface area contributed by atoms with E-state index >= 15 is 0 Å². The fourth-order valence-corrected chi connectivity index (χ4v) is 4.74. The first-order valence-corrected chi connectivity index (χ1v) is 12.6. The number of rotatable bonds is 8. The van der Waals surface area contributed by atoms with Crippen LogP contribution in [0.3, 0.4) is 0 Å². The second-order valence-electron chi connectivity index (χ2n) is 10.2. The van der Waals surface area contributed by atoms with Crippen LogP contribution < -0.4 is 5.32 Å². The topological polar surface area (TPSA) is 75.9 Å². The average molecular weight is 477 g/mol. The summed E-state index contributed by atoms with van der Waals surface area (Å²) in [6.45, 7) is 8.06. The molecule has 0 bridgehead atoms. The molecule has 3 heterocycles. The van der Waals surface area contributed by atoms with Crippen LogP contribution in [0.1, 0.15) is 62.5 Å². The number of hydrogen-bond acceptors (Lipinski definition) is 5. The third-order valence-corrected chi connectivity index (χ3v) is 6.94. The van der Waals surface area contributed by atoms with Crippen LogP contribution in [0.5, 0.6) is 0 Å². The molecule has 1 saturated carbocycles. The van der Waals surface area contributed by atoms with Gasteiger partial charge in [0.25, 0.3) is 0 Å². The predicted molar refractivity (Wildman–Crippen MR) is 134 cm³/mol. The Morgan fingerprint density at radius 2 is 2.06 bits per heavy atom.